The Labute approximate surface area is 93.6 Å². The van der Waals surface area contributed by atoms with Gasteiger partial charge in [0.25, 0.3) is 5.91 Å². The Morgan fingerprint density at radius 1 is 1.56 bits per heavy atom. The highest BCUT2D eigenvalue weighted by Crippen LogP contribution is 1.97. The summed E-state index contributed by atoms with van der Waals surface area (Å²) in [5, 5.41) is 5.02. The van der Waals surface area contributed by atoms with Crippen LogP contribution in [-0.2, 0) is 0 Å². The van der Waals surface area contributed by atoms with E-state index in [4.69, 9.17) is 0 Å². The number of nitrogens with one attached hydrogen (secondary N) is 2. The fourth-order valence-electron chi connectivity index (χ4n) is 1.18. The van der Waals surface area contributed by atoms with Crippen molar-refractivity contribution in [3.05, 3.63) is 21.7 Å². The number of aromatic nitrogens is 1. The molecule has 0 fully saturated rings. The predicted molar refractivity (Wildman–Crippen MR) is 59.6 cm³/mol. The van der Waals surface area contributed by atoms with Crippen LogP contribution in [0.1, 0.15) is 23.0 Å². The van der Waals surface area contributed by atoms with Gasteiger partial charge >= 0.3 is 5.63 Å². The lowest BCUT2D eigenvalue weighted by Gasteiger charge is -2.13. The number of hydrogen-bond donors (Lipinski definition) is 2. The van der Waals surface area contributed by atoms with Gasteiger partial charge in [-0.15, -0.1) is 0 Å². The average molecular weight is 227 g/mol. The average Bonchev–Trinajstić information content (AvgIpc) is 2.59. The van der Waals surface area contributed by atoms with Gasteiger partial charge in [0.15, 0.2) is 0 Å². The van der Waals surface area contributed by atoms with Crippen molar-refractivity contribution in [1.29, 1.82) is 0 Å². The van der Waals surface area contributed by atoms with Gasteiger partial charge in [-0.05, 0) is 20.5 Å². The molecule has 6 nitrogen and oxygen atoms in total. The number of H-pyrrole nitrogens is 1. The number of hydrogen-bond acceptors (Lipinski definition) is 4. The second-order valence-corrected chi connectivity index (χ2v) is 3.64. The normalized spacial score (nSPS) is 10.8. The molecular formula is C10H17N3O3. The van der Waals surface area contributed by atoms with Crippen molar-refractivity contribution in [3.63, 3.8) is 0 Å². The lowest BCUT2D eigenvalue weighted by Crippen LogP contribution is -2.33. The van der Waals surface area contributed by atoms with Crippen LogP contribution in [0.3, 0.4) is 0 Å². The van der Waals surface area contributed by atoms with Crippen molar-refractivity contribution in [1.82, 2.24) is 15.4 Å². The van der Waals surface area contributed by atoms with Crippen LogP contribution in [-0.4, -0.2) is 42.6 Å². The molecule has 0 aliphatic heterocycles. The Morgan fingerprint density at radius 3 is 2.75 bits per heavy atom. The highest BCUT2D eigenvalue weighted by Gasteiger charge is 2.14. The van der Waals surface area contributed by atoms with Crippen LogP contribution in [0, 0.1) is 6.92 Å². The zero-order valence-corrected chi connectivity index (χ0v) is 9.79. The number of amides is 1. The summed E-state index contributed by atoms with van der Waals surface area (Å²) in [5.74, 6) is -0.312. The van der Waals surface area contributed by atoms with Crippen molar-refractivity contribution in [2.75, 3.05) is 26.7 Å². The molecule has 1 aromatic rings. The Hall–Kier alpha value is -1.56. The molecular weight excluding hydrogens is 210 g/mol. The van der Waals surface area contributed by atoms with E-state index in [9.17, 15) is 9.59 Å². The molecule has 0 spiro atoms. The summed E-state index contributed by atoms with van der Waals surface area (Å²) in [7, 11) is 1.97. The first kappa shape index (κ1) is 12.5. The van der Waals surface area contributed by atoms with Gasteiger partial charge in [-0.2, -0.15) is 0 Å². The summed E-state index contributed by atoms with van der Waals surface area (Å²) < 4.78 is 4.51. The second-order valence-electron chi connectivity index (χ2n) is 3.64. The zero-order chi connectivity index (χ0) is 12.1. The summed E-state index contributed by atoms with van der Waals surface area (Å²) in [4.78, 5) is 24.7. The van der Waals surface area contributed by atoms with Crippen molar-refractivity contribution in [3.8, 4) is 0 Å². The van der Waals surface area contributed by atoms with Gasteiger partial charge in [-0.1, -0.05) is 6.92 Å². The molecule has 0 aromatic carbocycles. The SMILES string of the molecule is CCN(C)CCNC(=O)c1[nH]oc(=O)c1C. The maximum absolute atomic E-state index is 11.6. The molecule has 0 saturated carbocycles. The Balaban J connectivity index is 2.47. The highest BCUT2D eigenvalue weighted by atomic mass is 16.5. The van der Waals surface area contributed by atoms with E-state index in [-0.39, 0.29) is 11.6 Å². The third-order valence-electron chi connectivity index (χ3n) is 2.47. The third kappa shape index (κ3) is 2.96. The molecule has 0 radical (unpaired) electrons. The van der Waals surface area contributed by atoms with E-state index in [0.29, 0.717) is 12.1 Å². The summed E-state index contributed by atoms with van der Waals surface area (Å²) in [6.07, 6.45) is 0. The lowest BCUT2D eigenvalue weighted by molar-refractivity contribution is 0.0940. The molecule has 0 aliphatic rings. The largest absolute Gasteiger partial charge is 0.360 e. The highest BCUT2D eigenvalue weighted by molar-refractivity contribution is 5.93. The van der Waals surface area contributed by atoms with E-state index in [1.807, 2.05) is 14.0 Å². The Morgan fingerprint density at radius 2 is 2.25 bits per heavy atom. The number of aromatic amines is 1. The minimum atomic E-state index is -0.504. The zero-order valence-electron chi connectivity index (χ0n) is 9.79. The topological polar surface area (TPSA) is 78.3 Å². The number of carbonyl (C=O) groups is 1. The fourth-order valence-corrected chi connectivity index (χ4v) is 1.18. The van der Waals surface area contributed by atoms with Gasteiger partial charge in [0.1, 0.15) is 5.69 Å². The van der Waals surface area contributed by atoms with Crippen LogP contribution in [0.5, 0.6) is 0 Å². The van der Waals surface area contributed by atoms with E-state index in [1.165, 1.54) is 0 Å². The molecule has 1 heterocycles. The molecule has 6 heteroatoms. The molecule has 0 atom stereocenters. The number of carbonyl (C=O) groups excluding carboxylic acids is 1. The van der Waals surface area contributed by atoms with E-state index in [1.54, 1.807) is 6.92 Å². The molecule has 0 saturated heterocycles. The van der Waals surface area contributed by atoms with Gasteiger partial charge in [0.05, 0.1) is 5.56 Å². The van der Waals surface area contributed by atoms with Crippen LogP contribution < -0.4 is 10.9 Å². The van der Waals surface area contributed by atoms with E-state index in [2.05, 4.69) is 19.9 Å². The maximum atomic E-state index is 11.6. The minimum absolute atomic E-state index is 0.198. The molecule has 1 amide bonds. The molecule has 0 unspecified atom stereocenters. The summed E-state index contributed by atoms with van der Waals surface area (Å²) in [5.41, 5.74) is 0.00123. The predicted octanol–water partition coefficient (Wildman–Crippen LogP) is -0.0422. The standard InChI is InChI=1S/C10H17N3O3/c1-4-13(3)6-5-11-9(14)8-7(2)10(15)16-12-8/h12H,4-6H2,1-3H3,(H,11,14). The third-order valence-corrected chi connectivity index (χ3v) is 2.47. The van der Waals surface area contributed by atoms with Gasteiger partial charge in [0.2, 0.25) is 0 Å². The van der Waals surface area contributed by atoms with E-state index < -0.39 is 5.63 Å². The van der Waals surface area contributed by atoms with Crippen LogP contribution >= 0.6 is 0 Å². The van der Waals surface area contributed by atoms with Crippen molar-refractivity contribution < 1.29 is 9.32 Å². The van der Waals surface area contributed by atoms with Gasteiger partial charge in [-0.3, -0.25) is 4.79 Å². The molecule has 90 valence electrons. The van der Waals surface area contributed by atoms with Crippen LogP contribution in [0.25, 0.3) is 0 Å². The molecule has 1 rings (SSSR count). The molecule has 16 heavy (non-hydrogen) atoms. The maximum Gasteiger partial charge on any atom is 0.360 e. The van der Waals surface area contributed by atoms with Crippen LogP contribution in [0.4, 0.5) is 0 Å². The molecule has 0 aliphatic carbocycles. The fraction of sp³-hybridized carbons (Fsp3) is 0.600. The monoisotopic (exact) mass is 227 g/mol. The summed E-state index contributed by atoms with van der Waals surface area (Å²) in [6.45, 7) is 5.82. The molecule has 2 N–H and O–H groups in total. The van der Waals surface area contributed by atoms with Gasteiger partial charge in [-0.25, -0.2) is 9.95 Å². The lowest BCUT2D eigenvalue weighted by atomic mass is 10.2. The van der Waals surface area contributed by atoms with Crippen molar-refractivity contribution in [2.45, 2.75) is 13.8 Å². The van der Waals surface area contributed by atoms with Crippen LogP contribution in [0.2, 0.25) is 0 Å². The van der Waals surface area contributed by atoms with Crippen LogP contribution in [0.15, 0.2) is 9.32 Å². The number of rotatable bonds is 5. The first-order valence-corrected chi connectivity index (χ1v) is 5.21. The van der Waals surface area contributed by atoms with Crippen molar-refractivity contribution >= 4 is 5.91 Å². The second kappa shape index (κ2) is 5.50. The molecule has 1 aromatic heterocycles. The van der Waals surface area contributed by atoms with E-state index in [0.717, 1.165) is 13.1 Å². The smallest absolute Gasteiger partial charge is 0.349 e. The molecule has 0 bridgehead atoms. The summed E-state index contributed by atoms with van der Waals surface area (Å²) in [6, 6.07) is 0. The Bertz CT molecular complexity index is 408. The van der Waals surface area contributed by atoms with Gasteiger partial charge in [0, 0.05) is 13.1 Å². The number of likely N-dealkylation sites (N-methyl/N-ethyl adjacent to an activating group) is 1. The number of nitrogens with zero attached hydrogens (tertiary/aromatic N) is 1. The quantitative estimate of drug-likeness (QED) is 0.739. The Kier molecular flexibility index (Phi) is 4.30. The summed E-state index contributed by atoms with van der Waals surface area (Å²) >= 11 is 0. The van der Waals surface area contributed by atoms with Gasteiger partial charge < -0.3 is 14.7 Å². The van der Waals surface area contributed by atoms with E-state index >= 15 is 0 Å². The van der Waals surface area contributed by atoms with Crippen molar-refractivity contribution in [2.24, 2.45) is 0 Å². The first-order valence-electron chi connectivity index (χ1n) is 5.21. The minimum Gasteiger partial charge on any atom is -0.349 e. The first-order chi connectivity index (χ1) is 7.56.